The maximum Gasteiger partial charge on any atom is 0.136 e. The third-order valence-electron chi connectivity index (χ3n) is 2.38. The molecule has 5 heteroatoms. The Morgan fingerprint density at radius 1 is 1.47 bits per heavy atom. The SMILES string of the molecule is CCN(CC)c1ncncc1C(N)CO. The number of aromatic nitrogens is 2. The van der Waals surface area contributed by atoms with Crippen LogP contribution in [0.4, 0.5) is 5.82 Å². The second-order valence-corrected chi connectivity index (χ2v) is 3.26. The molecule has 3 N–H and O–H groups in total. The van der Waals surface area contributed by atoms with Gasteiger partial charge in [0.05, 0.1) is 12.6 Å². The summed E-state index contributed by atoms with van der Waals surface area (Å²) in [4.78, 5) is 10.2. The van der Waals surface area contributed by atoms with Crippen LogP contribution in [0.3, 0.4) is 0 Å². The van der Waals surface area contributed by atoms with Crippen LogP contribution in [-0.2, 0) is 0 Å². The number of aliphatic hydroxyl groups excluding tert-OH is 1. The fraction of sp³-hybridized carbons (Fsp3) is 0.600. The van der Waals surface area contributed by atoms with Crippen molar-refractivity contribution in [1.29, 1.82) is 0 Å². The summed E-state index contributed by atoms with van der Waals surface area (Å²) < 4.78 is 0. The number of rotatable bonds is 5. The van der Waals surface area contributed by atoms with Crippen molar-refractivity contribution in [3.8, 4) is 0 Å². The summed E-state index contributed by atoms with van der Waals surface area (Å²) in [6.07, 6.45) is 3.17. The highest BCUT2D eigenvalue weighted by molar-refractivity contribution is 5.46. The van der Waals surface area contributed by atoms with E-state index in [4.69, 9.17) is 10.8 Å². The molecule has 1 unspecified atom stereocenters. The normalized spacial score (nSPS) is 12.5. The van der Waals surface area contributed by atoms with Crippen LogP contribution in [0.2, 0.25) is 0 Å². The predicted molar refractivity (Wildman–Crippen MR) is 59.6 cm³/mol. The Morgan fingerprint density at radius 2 is 2.13 bits per heavy atom. The van der Waals surface area contributed by atoms with E-state index < -0.39 is 6.04 Å². The minimum atomic E-state index is -0.415. The van der Waals surface area contributed by atoms with Gasteiger partial charge in [0, 0.05) is 24.8 Å². The fourth-order valence-electron chi connectivity index (χ4n) is 1.48. The fourth-order valence-corrected chi connectivity index (χ4v) is 1.48. The van der Waals surface area contributed by atoms with E-state index in [1.807, 2.05) is 0 Å². The summed E-state index contributed by atoms with van der Waals surface area (Å²) in [5.74, 6) is 0.816. The smallest absolute Gasteiger partial charge is 0.136 e. The molecule has 0 aromatic carbocycles. The minimum absolute atomic E-state index is 0.0956. The van der Waals surface area contributed by atoms with Crippen molar-refractivity contribution in [3.05, 3.63) is 18.1 Å². The average Bonchev–Trinajstić information content (AvgIpc) is 2.30. The molecule has 84 valence electrons. The minimum Gasteiger partial charge on any atom is -0.394 e. The van der Waals surface area contributed by atoms with E-state index in [1.54, 1.807) is 6.20 Å². The highest BCUT2D eigenvalue weighted by Gasteiger charge is 2.15. The van der Waals surface area contributed by atoms with Gasteiger partial charge in [-0.05, 0) is 13.8 Å². The van der Waals surface area contributed by atoms with E-state index in [2.05, 4.69) is 28.7 Å². The van der Waals surface area contributed by atoms with E-state index >= 15 is 0 Å². The summed E-state index contributed by atoms with van der Waals surface area (Å²) in [6.45, 7) is 5.73. The van der Waals surface area contributed by atoms with Crippen molar-refractivity contribution in [2.75, 3.05) is 24.6 Å². The summed E-state index contributed by atoms with van der Waals surface area (Å²) in [5.41, 5.74) is 6.58. The second kappa shape index (κ2) is 5.63. The second-order valence-electron chi connectivity index (χ2n) is 3.26. The molecule has 0 bridgehead atoms. The molecule has 1 rings (SSSR count). The van der Waals surface area contributed by atoms with Crippen molar-refractivity contribution in [2.24, 2.45) is 5.73 Å². The quantitative estimate of drug-likeness (QED) is 0.731. The summed E-state index contributed by atoms with van der Waals surface area (Å²) >= 11 is 0. The lowest BCUT2D eigenvalue weighted by molar-refractivity contribution is 0.267. The number of nitrogens with two attached hydrogens (primary N) is 1. The summed E-state index contributed by atoms with van der Waals surface area (Å²) in [7, 11) is 0. The van der Waals surface area contributed by atoms with Crippen LogP contribution < -0.4 is 10.6 Å². The molecule has 1 atom stereocenters. The molecule has 0 aliphatic carbocycles. The van der Waals surface area contributed by atoms with E-state index in [9.17, 15) is 0 Å². The Labute approximate surface area is 90.0 Å². The Morgan fingerprint density at radius 3 is 2.67 bits per heavy atom. The Hall–Kier alpha value is -1.20. The molecule has 0 radical (unpaired) electrons. The van der Waals surface area contributed by atoms with Crippen LogP contribution in [0.1, 0.15) is 25.5 Å². The highest BCUT2D eigenvalue weighted by atomic mass is 16.3. The molecule has 0 aliphatic heterocycles. The number of nitrogens with zero attached hydrogens (tertiary/aromatic N) is 3. The van der Waals surface area contributed by atoms with Crippen molar-refractivity contribution >= 4 is 5.82 Å². The lowest BCUT2D eigenvalue weighted by Crippen LogP contribution is -2.27. The van der Waals surface area contributed by atoms with Crippen LogP contribution in [0, 0.1) is 0 Å². The Bertz CT molecular complexity index is 301. The average molecular weight is 210 g/mol. The largest absolute Gasteiger partial charge is 0.394 e. The zero-order valence-electron chi connectivity index (χ0n) is 9.22. The molecule has 1 heterocycles. The molecule has 0 spiro atoms. The topological polar surface area (TPSA) is 75.3 Å². The first-order valence-corrected chi connectivity index (χ1v) is 5.15. The van der Waals surface area contributed by atoms with E-state index in [1.165, 1.54) is 6.33 Å². The van der Waals surface area contributed by atoms with Gasteiger partial charge in [-0.3, -0.25) is 0 Å². The lowest BCUT2D eigenvalue weighted by Gasteiger charge is -2.23. The third kappa shape index (κ3) is 2.64. The van der Waals surface area contributed by atoms with Crippen LogP contribution in [0.25, 0.3) is 0 Å². The van der Waals surface area contributed by atoms with Crippen LogP contribution in [-0.4, -0.2) is 34.8 Å². The zero-order valence-corrected chi connectivity index (χ0v) is 9.22. The van der Waals surface area contributed by atoms with Crippen molar-refractivity contribution < 1.29 is 5.11 Å². The van der Waals surface area contributed by atoms with Crippen LogP contribution in [0.15, 0.2) is 12.5 Å². The van der Waals surface area contributed by atoms with Gasteiger partial charge in [0.25, 0.3) is 0 Å². The highest BCUT2D eigenvalue weighted by Crippen LogP contribution is 2.20. The van der Waals surface area contributed by atoms with Gasteiger partial charge < -0.3 is 15.7 Å². The standard InChI is InChI=1S/C10H18N4O/c1-3-14(4-2)10-8(9(11)6-15)5-12-7-13-10/h5,7,9,15H,3-4,6,11H2,1-2H3. The summed E-state index contributed by atoms with van der Waals surface area (Å²) in [6, 6.07) is -0.415. The van der Waals surface area contributed by atoms with Gasteiger partial charge in [-0.15, -0.1) is 0 Å². The number of anilines is 1. The van der Waals surface area contributed by atoms with Crippen molar-refractivity contribution in [1.82, 2.24) is 9.97 Å². The van der Waals surface area contributed by atoms with Crippen LogP contribution in [0.5, 0.6) is 0 Å². The molecule has 0 fully saturated rings. The first-order chi connectivity index (χ1) is 7.24. The van der Waals surface area contributed by atoms with Gasteiger partial charge in [0.15, 0.2) is 0 Å². The molecule has 0 aliphatic rings. The first-order valence-electron chi connectivity index (χ1n) is 5.15. The molecule has 0 saturated carbocycles. The van der Waals surface area contributed by atoms with Gasteiger partial charge in [-0.2, -0.15) is 0 Å². The molecule has 0 saturated heterocycles. The molecule has 5 nitrogen and oxygen atoms in total. The zero-order chi connectivity index (χ0) is 11.3. The molecule has 15 heavy (non-hydrogen) atoms. The molecular weight excluding hydrogens is 192 g/mol. The first kappa shape index (κ1) is 11.9. The monoisotopic (exact) mass is 210 g/mol. The Kier molecular flexibility index (Phi) is 4.45. The number of aliphatic hydroxyl groups is 1. The van der Waals surface area contributed by atoms with Gasteiger partial charge in [0.2, 0.25) is 0 Å². The van der Waals surface area contributed by atoms with Crippen LogP contribution >= 0.6 is 0 Å². The van der Waals surface area contributed by atoms with Gasteiger partial charge >= 0.3 is 0 Å². The van der Waals surface area contributed by atoms with Gasteiger partial charge in [0.1, 0.15) is 12.1 Å². The summed E-state index contributed by atoms with van der Waals surface area (Å²) in [5, 5.41) is 9.04. The van der Waals surface area contributed by atoms with Crippen molar-refractivity contribution in [3.63, 3.8) is 0 Å². The molecular formula is C10H18N4O. The Balaban J connectivity index is 3.04. The van der Waals surface area contributed by atoms with Gasteiger partial charge in [-0.1, -0.05) is 0 Å². The molecule has 1 aromatic rings. The number of hydrogen-bond donors (Lipinski definition) is 2. The van der Waals surface area contributed by atoms with Gasteiger partial charge in [-0.25, -0.2) is 9.97 Å². The number of hydrogen-bond acceptors (Lipinski definition) is 5. The van der Waals surface area contributed by atoms with E-state index in [0.717, 1.165) is 24.5 Å². The maximum absolute atomic E-state index is 9.04. The lowest BCUT2D eigenvalue weighted by atomic mass is 10.1. The maximum atomic E-state index is 9.04. The predicted octanol–water partition coefficient (Wildman–Crippen LogP) is 0.315. The van der Waals surface area contributed by atoms with Crippen molar-refractivity contribution in [2.45, 2.75) is 19.9 Å². The molecule has 0 amide bonds. The molecule has 1 aromatic heterocycles. The van der Waals surface area contributed by atoms with E-state index in [0.29, 0.717) is 0 Å². The third-order valence-corrected chi connectivity index (χ3v) is 2.38. The van der Waals surface area contributed by atoms with E-state index in [-0.39, 0.29) is 6.61 Å².